The van der Waals surface area contributed by atoms with Gasteiger partial charge in [0.15, 0.2) is 11.5 Å². The van der Waals surface area contributed by atoms with Crippen LogP contribution < -0.4 is 14.8 Å². The third-order valence-corrected chi connectivity index (χ3v) is 5.42. The lowest BCUT2D eigenvalue weighted by atomic mass is 10.1. The quantitative estimate of drug-likeness (QED) is 0.318. The molecular formula is C26H22BrNO3. The average molecular weight is 476 g/mol. The number of hydrogen-bond acceptors (Lipinski definition) is 3. The lowest BCUT2D eigenvalue weighted by Crippen LogP contribution is -2.13. The summed E-state index contributed by atoms with van der Waals surface area (Å²) < 4.78 is 12.5. The molecule has 31 heavy (non-hydrogen) atoms. The van der Waals surface area contributed by atoms with E-state index in [9.17, 15) is 4.79 Å². The third kappa shape index (κ3) is 4.89. The maximum atomic E-state index is 13.1. The molecule has 4 aromatic carbocycles. The van der Waals surface area contributed by atoms with Crippen LogP contribution in [-0.2, 0) is 6.61 Å². The fraction of sp³-hybridized carbons (Fsp3) is 0.115. The maximum absolute atomic E-state index is 13.1. The van der Waals surface area contributed by atoms with Crippen molar-refractivity contribution in [2.45, 2.75) is 13.5 Å². The van der Waals surface area contributed by atoms with Gasteiger partial charge in [0.1, 0.15) is 6.61 Å². The van der Waals surface area contributed by atoms with E-state index in [4.69, 9.17) is 9.47 Å². The molecule has 0 unspecified atom stereocenters. The van der Waals surface area contributed by atoms with Crippen LogP contribution in [-0.4, -0.2) is 12.5 Å². The summed E-state index contributed by atoms with van der Waals surface area (Å²) in [6.45, 7) is 2.78. The van der Waals surface area contributed by atoms with Gasteiger partial charge in [-0.3, -0.25) is 4.79 Å². The van der Waals surface area contributed by atoms with Crippen molar-refractivity contribution >= 4 is 38.3 Å². The van der Waals surface area contributed by atoms with Gasteiger partial charge in [0.05, 0.1) is 11.1 Å². The largest absolute Gasteiger partial charge is 0.489 e. The topological polar surface area (TPSA) is 47.6 Å². The van der Waals surface area contributed by atoms with Crippen LogP contribution in [0.4, 0.5) is 5.69 Å². The molecule has 0 aliphatic rings. The van der Waals surface area contributed by atoms with Crippen LogP contribution in [0.2, 0.25) is 0 Å². The lowest BCUT2D eigenvalue weighted by molar-refractivity contribution is 0.102. The predicted octanol–water partition coefficient (Wildman–Crippen LogP) is 6.83. The van der Waals surface area contributed by atoms with Gasteiger partial charge in [0.25, 0.3) is 5.91 Å². The van der Waals surface area contributed by atoms with Crippen LogP contribution in [0.25, 0.3) is 10.8 Å². The number of amides is 1. The van der Waals surface area contributed by atoms with E-state index in [-0.39, 0.29) is 5.91 Å². The van der Waals surface area contributed by atoms with E-state index in [0.29, 0.717) is 34.7 Å². The van der Waals surface area contributed by atoms with E-state index in [1.807, 2.05) is 79.7 Å². The van der Waals surface area contributed by atoms with Gasteiger partial charge in [-0.2, -0.15) is 0 Å². The van der Waals surface area contributed by atoms with Crippen LogP contribution in [0.1, 0.15) is 22.8 Å². The van der Waals surface area contributed by atoms with Crippen molar-refractivity contribution in [2.24, 2.45) is 0 Å². The van der Waals surface area contributed by atoms with Crippen molar-refractivity contribution in [2.75, 3.05) is 11.9 Å². The van der Waals surface area contributed by atoms with Crippen LogP contribution >= 0.6 is 15.9 Å². The van der Waals surface area contributed by atoms with Crippen LogP contribution in [0, 0.1) is 0 Å². The van der Waals surface area contributed by atoms with E-state index in [1.54, 1.807) is 12.1 Å². The lowest BCUT2D eigenvalue weighted by Gasteiger charge is -2.16. The Balaban J connectivity index is 1.62. The van der Waals surface area contributed by atoms with Crippen LogP contribution in [0.15, 0.2) is 89.4 Å². The normalized spacial score (nSPS) is 10.6. The Labute approximate surface area is 189 Å². The molecule has 0 saturated heterocycles. The average Bonchev–Trinajstić information content (AvgIpc) is 2.80. The van der Waals surface area contributed by atoms with Gasteiger partial charge in [0.2, 0.25) is 0 Å². The molecule has 0 atom stereocenters. The molecule has 4 aromatic rings. The molecule has 0 aliphatic carbocycles. The molecule has 156 valence electrons. The van der Waals surface area contributed by atoms with Gasteiger partial charge in [-0.15, -0.1) is 0 Å². The van der Waals surface area contributed by atoms with Crippen molar-refractivity contribution < 1.29 is 14.3 Å². The van der Waals surface area contributed by atoms with Gasteiger partial charge in [-0.05, 0) is 52.0 Å². The fourth-order valence-electron chi connectivity index (χ4n) is 3.36. The first-order chi connectivity index (χ1) is 15.2. The van der Waals surface area contributed by atoms with Gasteiger partial charge in [0, 0.05) is 16.6 Å². The molecule has 1 amide bonds. The van der Waals surface area contributed by atoms with Gasteiger partial charge >= 0.3 is 0 Å². The molecule has 0 aliphatic heterocycles. The van der Waals surface area contributed by atoms with E-state index >= 15 is 0 Å². The van der Waals surface area contributed by atoms with E-state index in [2.05, 4.69) is 21.2 Å². The third-order valence-electron chi connectivity index (χ3n) is 4.84. The predicted molar refractivity (Wildman–Crippen MR) is 128 cm³/mol. The maximum Gasteiger partial charge on any atom is 0.255 e. The number of nitrogens with one attached hydrogen (secondary N) is 1. The zero-order valence-electron chi connectivity index (χ0n) is 17.1. The molecule has 4 nitrogen and oxygen atoms in total. The second-order valence-electron chi connectivity index (χ2n) is 6.97. The van der Waals surface area contributed by atoms with Gasteiger partial charge < -0.3 is 14.8 Å². The number of halogens is 1. The molecule has 0 heterocycles. The summed E-state index contributed by atoms with van der Waals surface area (Å²) in [5.74, 6) is 0.882. The Hall–Kier alpha value is -3.31. The summed E-state index contributed by atoms with van der Waals surface area (Å²) in [7, 11) is 0. The first kappa shape index (κ1) is 20.9. The van der Waals surface area contributed by atoms with Gasteiger partial charge in [-0.1, -0.05) is 66.7 Å². The Morgan fingerprint density at radius 3 is 2.45 bits per heavy atom. The summed E-state index contributed by atoms with van der Waals surface area (Å²) >= 11 is 3.53. The number of rotatable bonds is 7. The summed E-state index contributed by atoms with van der Waals surface area (Å²) in [5, 5.41) is 5.08. The Morgan fingerprint density at radius 1 is 0.903 bits per heavy atom. The van der Waals surface area contributed by atoms with Crippen LogP contribution in [0.5, 0.6) is 11.5 Å². The molecule has 0 bridgehead atoms. The second kappa shape index (κ2) is 9.67. The minimum Gasteiger partial charge on any atom is -0.489 e. The highest BCUT2D eigenvalue weighted by atomic mass is 79.9. The minimum absolute atomic E-state index is 0.218. The number of ether oxygens (including phenoxy) is 2. The molecule has 5 heteroatoms. The molecule has 1 N–H and O–H groups in total. The first-order valence-corrected chi connectivity index (χ1v) is 10.9. The molecular weight excluding hydrogens is 454 g/mol. The van der Waals surface area contributed by atoms with Crippen molar-refractivity contribution in [3.05, 3.63) is 101 Å². The summed E-state index contributed by atoms with van der Waals surface area (Å²) in [6, 6.07) is 27.2. The highest BCUT2D eigenvalue weighted by Gasteiger charge is 2.17. The summed E-state index contributed by atoms with van der Waals surface area (Å²) in [6.07, 6.45) is 0. The number of carbonyl (C=O) groups excluding carboxylic acids is 1. The molecule has 4 rings (SSSR count). The van der Waals surface area contributed by atoms with Crippen molar-refractivity contribution in [3.63, 3.8) is 0 Å². The number of hydrogen-bond donors (Lipinski definition) is 1. The molecule has 0 saturated carbocycles. The number of fused-ring (bicyclic) bond motifs is 1. The fourth-order valence-corrected chi connectivity index (χ4v) is 3.91. The number of anilines is 1. The van der Waals surface area contributed by atoms with Gasteiger partial charge in [-0.25, -0.2) is 0 Å². The highest BCUT2D eigenvalue weighted by molar-refractivity contribution is 9.10. The molecule has 0 radical (unpaired) electrons. The Kier molecular flexibility index (Phi) is 6.53. The van der Waals surface area contributed by atoms with Crippen LogP contribution in [0.3, 0.4) is 0 Å². The zero-order chi connectivity index (χ0) is 21.6. The summed E-state index contributed by atoms with van der Waals surface area (Å²) in [4.78, 5) is 13.1. The van der Waals surface area contributed by atoms with E-state index in [0.717, 1.165) is 22.0 Å². The summed E-state index contributed by atoms with van der Waals surface area (Å²) in [5.41, 5.74) is 2.28. The molecule has 0 spiro atoms. The monoisotopic (exact) mass is 475 g/mol. The number of carbonyl (C=O) groups is 1. The molecule has 0 aromatic heterocycles. The van der Waals surface area contributed by atoms with E-state index in [1.165, 1.54) is 0 Å². The zero-order valence-corrected chi connectivity index (χ0v) is 18.7. The Bertz CT molecular complexity index is 1200. The second-order valence-corrected chi connectivity index (χ2v) is 7.83. The van der Waals surface area contributed by atoms with Crippen molar-refractivity contribution in [1.29, 1.82) is 0 Å². The van der Waals surface area contributed by atoms with Crippen molar-refractivity contribution in [3.8, 4) is 11.5 Å². The smallest absolute Gasteiger partial charge is 0.255 e. The van der Waals surface area contributed by atoms with E-state index < -0.39 is 0 Å². The Morgan fingerprint density at radius 2 is 1.65 bits per heavy atom. The minimum atomic E-state index is -0.218. The number of benzene rings is 4. The standard InChI is InChI=1S/C26H22BrNO3/c1-2-30-25-22(27)15-20(16-24(25)31-17-18-9-4-3-5-10-18)26(29)28-23-14-8-12-19-11-6-7-13-21(19)23/h3-16H,2,17H2,1H3,(H,28,29). The van der Waals surface area contributed by atoms with Crippen molar-refractivity contribution in [1.82, 2.24) is 0 Å². The SMILES string of the molecule is CCOc1c(Br)cc(C(=O)Nc2cccc3ccccc23)cc1OCc1ccccc1. The molecule has 0 fully saturated rings. The highest BCUT2D eigenvalue weighted by Crippen LogP contribution is 2.37. The first-order valence-electron chi connectivity index (χ1n) is 10.1.